The third kappa shape index (κ3) is 5.32. The lowest BCUT2D eigenvalue weighted by Gasteiger charge is -2.15. The first-order valence-corrected chi connectivity index (χ1v) is 11.6. The Morgan fingerprint density at radius 2 is 1.46 bits per heavy atom. The Morgan fingerprint density at radius 1 is 0.838 bits per heavy atom. The number of benzene rings is 2. The van der Waals surface area contributed by atoms with Crippen molar-refractivity contribution in [1.29, 1.82) is 0 Å². The van der Waals surface area contributed by atoms with Crippen LogP contribution < -0.4 is 10.2 Å². The molecule has 0 aliphatic carbocycles. The zero-order valence-corrected chi connectivity index (χ0v) is 19.6. The van der Waals surface area contributed by atoms with Crippen molar-refractivity contribution in [3.63, 3.8) is 0 Å². The van der Waals surface area contributed by atoms with Gasteiger partial charge in [0, 0.05) is 59.1 Å². The molecule has 5 rings (SSSR count). The fourth-order valence-electron chi connectivity index (χ4n) is 3.86. The minimum atomic E-state index is -0.758. The third-order valence-corrected chi connectivity index (χ3v) is 5.67. The van der Waals surface area contributed by atoms with Crippen LogP contribution in [-0.4, -0.2) is 34.2 Å². The highest BCUT2D eigenvalue weighted by molar-refractivity contribution is 6.25. The summed E-state index contributed by atoms with van der Waals surface area (Å²) in [6, 6.07) is 23.1. The summed E-state index contributed by atoms with van der Waals surface area (Å²) in [4.78, 5) is 47.0. The topological polar surface area (TPSA) is 95.2 Å². The molecule has 0 spiro atoms. The standard InChI is InChI=1S/C30H20N4O3/c35-28(13-11-21-7-3-1-4-8-21)34(29(36)14-12-22-9-5-2-6-10-22)27-19-23(15-17-31-27)26-20-24-25(33-26)16-18-32-30(24)37/h1-10,15,17,19-20,33H,16,18H2,(H,32,37). The molecule has 37 heavy (non-hydrogen) atoms. The van der Waals surface area contributed by atoms with Crippen LogP contribution in [0.2, 0.25) is 0 Å². The van der Waals surface area contributed by atoms with Gasteiger partial charge >= 0.3 is 11.8 Å². The third-order valence-electron chi connectivity index (χ3n) is 5.67. The molecule has 0 bridgehead atoms. The van der Waals surface area contributed by atoms with E-state index in [1.165, 1.54) is 6.20 Å². The lowest BCUT2D eigenvalue weighted by molar-refractivity contribution is -0.120. The van der Waals surface area contributed by atoms with Gasteiger partial charge in [-0.05, 0) is 42.5 Å². The van der Waals surface area contributed by atoms with Gasteiger partial charge in [0.25, 0.3) is 5.91 Å². The molecule has 7 nitrogen and oxygen atoms in total. The average Bonchev–Trinajstić information content (AvgIpc) is 3.38. The molecule has 4 aromatic rings. The number of aromatic amines is 1. The highest BCUT2D eigenvalue weighted by Gasteiger charge is 2.24. The Kier molecular flexibility index (Phi) is 6.61. The van der Waals surface area contributed by atoms with Gasteiger partial charge in [0.05, 0.1) is 5.56 Å². The second-order valence-corrected chi connectivity index (χ2v) is 8.16. The molecule has 0 radical (unpaired) electrons. The molecule has 2 aromatic carbocycles. The van der Waals surface area contributed by atoms with E-state index < -0.39 is 11.8 Å². The van der Waals surface area contributed by atoms with Crippen molar-refractivity contribution in [3.8, 4) is 34.9 Å². The number of nitrogens with one attached hydrogen (secondary N) is 2. The number of hydrogen-bond donors (Lipinski definition) is 2. The maximum Gasteiger partial charge on any atom is 0.312 e. The smallest absolute Gasteiger partial charge is 0.312 e. The second-order valence-electron chi connectivity index (χ2n) is 8.16. The highest BCUT2D eigenvalue weighted by Crippen LogP contribution is 2.26. The normalized spacial score (nSPS) is 11.6. The second kappa shape index (κ2) is 10.5. The van der Waals surface area contributed by atoms with Crippen LogP contribution in [-0.2, 0) is 16.0 Å². The molecule has 0 saturated carbocycles. The summed E-state index contributed by atoms with van der Waals surface area (Å²) in [5.41, 5.74) is 4.02. The van der Waals surface area contributed by atoms with Gasteiger partial charge in [-0.25, -0.2) is 9.88 Å². The zero-order chi connectivity index (χ0) is 25.6. The Bertz CT molecular complexity index is 1550. The van der Waals surface area contributed by atoms with Crippen molar-refractivity contribution in [1.82, 2.24) is 15.3 Å². The van der Waals surface area contributed by atoms with E-state index in [4.69, 9.17) is 0 Å². The van der Waals surface area contributed by atoms with Gasteiger partial charge in [-0.3, -0.25) is 14.4 Å². The molecule has 2 N–H and O–H groups in total. The van der Waals surface area contributed by atoms with Crippen molar-refractivity contribution in [2.24, 2.45) is 0 Å². The Morgan fingerprint density at radius 3 is 2.05 bits per heavy atom. The van der Waals surface area contributed by atoms with E-state index in [-0.39, 0.29) is 11.7 Å². The average molecular weight is 485 g/mol. The summed E-state index contributed by atoms with van der Waals surface area (Å²) in [6.07, 6.45) is 2.18. The van der Waals surface area contributed by atoms with E-state index in [9.17, 15) is 14.4 Å². The maximum atomic E-state index is 13.2. The van der Waals surface area contributed by atoms with E-state index in [0.29, 0.717) is 40.9 Å². The summed E-state index contributed by atoms with van der Waals surface area (Å²) >= 11 is 0. The number of imide groups is 1. The van der Waals surface area contributed by atoms with Gasteiger partial charge in [-0.1, -0.05) is 48.2 Å². The molecule has 0 fully saturated rings. The minimum Gasteiger partial charge on any atom is -0.358 e. The van der Waals surface area contributed by atoms with Gasteiger partial charge in [0.1, 0.15) is 5.82 Å². The van der Waals surface area contributed by atoms with Crippen LogP contribution in [0.25, 0.3) is 11.3 Å². The zero-order valence-electron chi connectivity index (χ0n) is 19.6. The number of hydrogen-bond acceptors (Lipinski definition) is 4. The van der Waals surface area contributed by atoms with E-state index in [0.717, 1.165) is 10.6 Å². The van der Waals surface area contributed by atoms with E-state index in [2.05, 4.69) is 39.0 Å². The number of anilines is 1. The Balaban J connectivity index is 1.52. The predicted octanol–water partition coefficient (Wildman–Crippen LogP) is 3.33. The first-order valence-electron chi connectivity index (χ1n) is 11.6. The van der Waals surface area contributed by atoms with Crippen LogP contribution in [0.4, 0.5) is 5.82 Å². The summed E-state index contributed by atoms with van der Waals surface area (Å²) in [7, 11) is 0. The molecule has 7 heteroatoms. The largest absolute Gasteiger partial charge is 0.358 e. The summed E-state index contributed by atoms with van der Waals surface area (Å²) in [5, 5.41) is 2.82. The van der Waals surface area contributed by atoms with Gasteiger partial charge in [0.15, 0.2) is 0 Å². The highest BCUT2D eigenvalue weighted by atomic mass is 16.2. The van der Waals surface area contributed by atoms with Crippen molar-refractivity contribution < 1.29 is 14.4 Å². The van der Waals surface area contributed by atoms with E-state index >= 15 is 0 Å². The van der Waals surface area contributed by atoms with Gasteiger partial charge in [-0.15, -0.1) is 0 Å². The van der Waals surface area contributed by atoms with Crippen molar-refractivity contribution in [2.45, 2.75) is 6.42 Å². The van der Waals surface area contributed by atoms with Gasteiger partial charge in [-0.2, -0.15) is 0 Å². The van der Waals surface area contributed by atoms with E-state index in [1.54, 1.807) is 42.5 Å². The number of nitrogens with zero attached hydrogens (tertiary/aromatic N) is 2. The summed E-state index contributed by atoms with van der Waals surface area (Å²) in [6.45, 7) is 0.560. The molecule has 178 valence electrons. The number of pyridine rings is 1. The number of aromatic nitrogens is 2. The molecule has 0 saturated heterocycles. The number of amides is 3. The summed E-state index contributed by atoms with van der Waals surface area (Å²) in [5.74, 6) is 9.05. The van der Waals surface area contributed by atoms with Gasteiger partial charge < -0.3 is 10.3 Å². The molecule has 1 aliphatic rings. The van der Waals surface area contributed by atoms with Crippen LogP contribution in [0, 0.1) is 23.7 Å². The maximum absolute atomic E-state index is 13.2. The number of H-pyrrole nitrogens is 1. The summed E-state index contributed by atoms with van der Waals surface area (Å²) < 4.78 is 0. The van der Waals surface area contributed by atoms with Crippen molar-refractivity contribution in [3.05, 3.63) is 107 Å². The molecule has 2 aromatic heterocycles. The molecular weight excluding hydrogens is 464 g/mol. The molecule has 1 aliphatic heterocycles. The van der Waals surface area contributed by atoms with Crippen LogP contribution in [0.15, 0.2) is 85.1 Å². The molecule has 0 unspecified atom stereocenters. The number of rotatable bonds is 2. The SMILES string of the molecule is O=C1NCCc2[nH]c(-c3ccnc(N(C(=O)C#Cc4ccccc4)C(=O)C#Cc4ccccc4)c3)cc21. The fourth-order valence-corrected chi connectivity index (χ4v) is 3.86. The monoisotopic (exact) mass is 484 g/mol. The van der Waals surface area contributed by atoms with Crippen molar-refractivity contribution >= 4 is 23.5 Å². The number of carbonyl (C=O) groups is 3. The number of carbonyl (C=O) groups excluding carboxylic acids is 3. The van der Waals surface area contributed by atoms with Crippen LogP contribution >= 0.6 is 0 Å². The van der Waals surface area contributed by atoms with Crippen LogP contribution in [0.5, 0.6) is 0 Å². The quantitative estimate of drug-likeness (QED) is 0.427. The van der Waals surface area contributed by atoms with Gasteiger partial charge in [0.2, 0.25) is 0 Å². The van der Waals surface area contributed by atoms with Crippen molar-refractivity contribution in [2.75, 3.05) is 11.4 Å². The number of fused-ring (bicyclic) bond motifs is 1. The molecule has 3 heterocycles. The molecular formula is C30H20N4O3. The first kappa shape index (κ1) is 23.3. The van der Waals surface area contributed by atoms with E-state index in [1.807, 2.05) is 36.4 Å². The molecule has 0 atom stereocenters. The minimum absolute atomic E-state index is 0.0780. The predicted molar refractivity (Wildman–Crippen MR) is 139 cm³/mol. The Hall–Kier alpha value is -5.40. The lowest BCUT2D eigenvalue weighted by Crippen LogP contribution is -2.36. The van der Waals surface area contributed by atoms with Crippen LogP contribution in [0.3, 0.4) is 0 Å². The molecule has 3 amide bonds. The lowest BCUT2D eigenvalue weighted by atomic mass is 10.1. The van der Waals surface area contributed by atoms with Crippen LogP contribution in [0.1, 0.15) is 27.2 Å². The first-order chi connectivity index (χ1) is 18.1. The fraction of sp³-hybridized carbons (Fsp3) is 0.0667. The Labute approximate surface area is 213 Å².